The summed E-state index contributed by atoms with van der Waals surface area (Å²) in [7, 11) is 0. The monoisotopic (exact) mass is 350 g/mol. The zero-order valence-electron chi connectivity index (χ0n) is 15.2. The van der Waals surface area contributed by atoms with Crippen LogP contribution in [0.2, 0.25) is 0 Å². The van der Waals surface area contributed by atoms with Gasteiger partial charge in [0.2, 0.25) is 0 Å². The summed E-state index contributed by atoms with van der Waals surface area (Å²) in [5, 5.41) is 4.67. The van der Waals surface area contributed by atoms with E-state index in [9.17, 15) is 14.4 Å². The fourth-order valence-corrected chi connectivity index (χ4v) is 1.86. The standard InChI is InChI=1S/C18H26N2O5/c1-13-7-5-8-14(11-13)24-10-6-9-16(22)25-12-15(21)19-17(23)20-18(2,3)4/h5,7-8,11H,6,9-10,12H2,1-4H3,(H2,19,20,21,23). The fraction of sp³-hybridized carbons (Fsp3) is 0.500. The van der Waals surface area contributed by atoms with Gasteiger partial charge in [0.1, 0.15) is 5.75 Å². The lowest BCUT2D eigenvalue weighted by molar-refractivity contribution is -0.148. The first-order valence-electron chi connectivity index (χ1n) is 8.13. The van der Waals surface area contributed by atoms with Gasteiger partial charge in [0.05, 0.1) is 6.61 Å². The summed E-state index contributed by atoms with van der Waals surface area (Å²) in [6.45, 7) is 7.21. The Balaban J connectivity index is 2.16. The highest BCUT2D eigenvalue weighted by molar-refractivity contribution is 5.95. The summed E-state index contributed by atoms with van der Waals surface area (Å²) < 4.78 is 10.3. The van der Waals surface area contributed by atoms with E-state index in [-0.39, 0.29) is 6.42 Å². The number of ether oxygens (including phenoxy) is 2. The van der Waals surface area contributed by atoms with Crippen LogP contribution in [-0.4, -0.2) is 36.7 Å². The Morgan fingerprint density at radius 1 is 1.16 bits per heavy atom. The van der Waals surface area contributed by atoms with E-state index in [1.807, 2.05) is 31.2 Å². The largest absolute Gasteiger partial charge is 0.494 e. The molecule has 0 unspecified atom stereocenters. The van der Waals surface area contributed by atoms with Gasteiger partial charge in [0.15, 0.2) is 6.61 Å². The number of benzene rings is 1. The second kappa shape index (κ2) is 9.66. The molecule has 0 aromatic heterocycles. The van der Waals surface area contributed by atoms with Crippen molar-refractivity contribution in [2.24, 2.45) is 0 Å². The average molecular weight is 350 g/mol. The number of rotatable bonds is 7. The smallest absolute Gasteiger partial charge is 0.321 e. The van der Waals surface area contributed by atoms with Gasteiger partial charge in [0, 0.05) is 12.0 Å². The molecule has 7 nitrogen and oxygen atoms in total. The fourth-order valence-electron chi connectivity index (χ4n) is 1.86. The third-order valence-electron chi connectivity index (χ3n) is 2.89. The Bertz CT molecular complexity index is 608. The average Bonchev–Trinajstić information content (AvgIpc) is 2.47. The quantitative estimate of drug-likeness (QED) is 0.581. The van der Waals surface area contributed by atoms with Crippen molar-refractivity contribution in [3.05, 3.63) is 29.8 Å². The zero-order valence-corrected chi connectivity index (χ0v) is 15.2. The van der Waals surface area contributed by atoms with Gasteiger partial charge < -0.3 is 14.8 Å². The maximum Gasteiger partial charge on any atom is 0.321 e. The molecule has 0 heterocycles. The van der Waals surface area contributed by atoms with E-state index in [0.717, 1.165) is 11.3 Å². The van der Waals surface area contributed by atoms with Crippen LogP contribution in [0.4, 0.5) is 4.79 Å². The molecule has 2 N–H and O–H groups in total. The molecule has 0 spiro atoms. The van der Waals surface area contributed by atoms with Crippen LogP contribution < -0.4 is 15.4 Å². The number of nitrogens with one attached hydrogen (secondary N) is 2. The number of carbonyl (C=O) groups is 3. The van der Waals surface area contributed by atoms with Crippen LogP contribution in [0.15, 0.2) is 24.3 Å². The summed E-state index contributed by atoms with van der Waals surface area (Å²) in [6.07, 6.45) is 0.603. The minimum atomic E-state index is -0.675. The summed E-state index contributed by atoms with van der Waals surface area (Å²) >= 11 is 0. The van der Waals surface area contributed by atoms with Crippen LogP contribution in [0, 0.1) is 6.92 Å². The number of imide groups is 1. The van der Waals surface area contributed by atoms with E-state index in [2.05, 4.69) is 10.6 Å². The predicted molar refractivity (Wildman–Crippen MR) is 93.3 cm³/mol. The number of esters is 1. The minimum absolute atomic E-state index is 0.132. The van der Waals surface area contributed by atoms with Crippen LogP contribution in [0.3, 0.4) is 0 Å². The first-order valence-corrected chi connectivity index (χ1v) is 8.13. The van der Waals surface area contributed by atoms with Gasteiger partial charge in [-0.15, -0.1) is 0 Å². The third-order valence-corrected chi connectivity index (χ3v) is 2.89. The molecule has 3 amide bonds. The predicted octanol–water partition coefficient (Wildman–Crippen LogP) is 2.32. The van der Waals surface area contributed by atoms with E-state index in [0.29, 0.717) is 13.0 Å². The summed E-state index contributed by atoms with van der Waals surface area (Å²) in [6, 6.07) is 6.99. The minimum Gasteiger partial charge on any atom is -0.494 e. The lowest BCUT2D eigenvalue weighted by atomic mass is 10.1. The molecule has 0 bridgehead atoms. The highest BCUT2D eigenvalue weighted by Crippen LogP contribution is 2.12. The van der Waals surface area contributed by atoms with Gasteiger partial charge in [-0.1, -0.05) is 12.1 Å². The molecule has 1 aromatic rings. The van der Waals surface area contributed by atoms with Crippen LogP contribution >= 0.6 is 0 Å². The second-order valence-electron chi connectivity index (χ2n) is 6.68. The summed E-state index contributed by atoms with van der Waals surface area (Å²) in [5.74, 6) is -0.442. The molecule has 0 fully saturated rings. The van der Waals surface area contributed by atoms with E-state index in [1.54, 1.807) is 20.8 Å². The Hall–Kier alpha value is -2.57. The topological polar surface area (TPSA) is 93.7 Å². The number of hydrogen-bond donors (Lipinski definition) is 2. The van der Waals surface area contributed by atoms with Crippen LogP contribution in [0.5, 0.6) is 5.75 Å². The Kier molecular flexibility index (Phi) is 7.91. The third kappa shape index (κ3) is 10.0. The molecular weight excluding hydrogens is 324 g/mol. The van der Waals surface area contributed by atoms with E-state index < -0.39 is 30.1 Å². The van der Waals surface area contributed by atoms with Crippen LogP contribution in [0.25, 0.3) is 0 Å². The Morgan fingerprint density at radius 3 is 2.52 bits per heavy atom. The molecular formula is C18H26N2O5. The van der Waals surface area contributed by atoms with Gasteiger partial charge >= 0.3 is 12.0 Å². The first kappa shape index (κ1) is 20.5. The normalized spacial score (nSPS) is 10.7. The molecule has 0 radical (unpaired) electrons. The molecule has 0 aliphatic rings. The summed E-state index contributed by atoms with van der Waals surface area (Å²) in [5.41, 5.74) is 0.636. The van der Waals surface area contributed by atoms with E-state index in [4.69, 9.17) is 9.47 Å². The van der Waals surface area contributed by atoms with E-state index in [1.165, 1.54) is 0 Å². The number of aryl methyl sites for hydroxylation is 1. The lowest BCUT2D eigenvalue weighted by Crippen LogP contribution is -2.49. The Morgan fingerprint density at radius 2 is 1.88 bits per heavy atom. The van der Waals surface area contributed by atoms with Crippen LogP contribution in [0.1, 0.15) is 39.2 Å². The molecule has 7 heteroatoms. The van der Waals surface area contributed by atoms with Crippen molar-refractivity contribution in [1.29, 1.82) is 0 Å². The molecule has 0 saturated carbocycles. The number of hydrogen-bond acceptors (Lipinski definition) is 5. The van der Waals surface area contributed by atoms with Crippen molar-refractivity contribution in [1.82, 2.24) is 10.6 Å². The highest BCUT2D eigenvalue weighted by Gasteiger charge is 2.16. The van der Waals surface area contributed by atoms with Crippen molar-refractivity contribution in [3.8, 4) is 5.75 Å². The number of urea groups is 1. The molecule has 1 aromatic carbocycles. The van der Waals surface area contributed by atoms with Crippen molar-refractivity contribution >= 4 is 17.9 Å². The van der Waals surface area contributed by atoms with Crippen molar-refractivity contribution in [3.63, 3.8) is 0 Å². The van der Waals surface area contributed by atoms with Gasteiger partial charge in [-0.25, -0.2) is 4.79 Å². The Labute approximate surface area is 148 Å². The van der Waals surface area contributed by atoms with Gasteiger partial charge in [-0.05, 0) is 51.8 Å². The molecule has 1 rings (SSSR count). The number of carbonyl (C=O) groups excluding carboxylic acids is 3. The molecule has 0 aliphatic carbocycles. The first-order chi connectivity index (χ1) is 11.7. The highest BCUT2D eigenvalue weighted by atomic mass is 16.5. The zero-order chi connectivity index (χ0) is 18.9. The van der Waals surface area contributed by atoms with Gasteiger partial charge in [-0.2, -0.15) is 0 Å². The van der Waals surface area contributed by atoms with E-state index >= 15 is 0 Å². The van der Waals surface area contributed by atoms with Gasteiger partial charge in [0.25, 0.3) is 5.91 Å². The SMILES string of the molecule is Cc1cccc(OCCCC(=O)OCC(=O)NC(=O)NC(C)(C)C)c1. The van der Waals surface area contributed by atoms with Crippen molar-refractivity contribution in [2.75, 3.05) is 13.2 Å². The molecule has 0 atom stereocenters. The van der Waals surface area contributed by atoms with Crippen molar-refractivity contribution in [2.45, 2.75) is 46.1 Å². The summed E-state index contributed by atoms with van der Waals surface area (Å²) in [4.78, 5) is 34.6. The molecule has 0 aliphatic heterocycles. The van der Waals surface area contributed by atoms with Crippen molar-refractivity contribution < 1.29 is 23.9 Å². The maximum atomic E-state index is 11.6. The molecule has 138 valence electrons. The van der Waals surface area contributed by atoms with Crippen LogP contribution in [-0.2, 0) is 14.3 Å². The lowest BCUT2D eigenvalue weighted by Gasteiger charge is -2.20. The molecule has 0 saturated heterocycles. The maximum absolute atomic E-state index is 11.6. The molecule has 25 heavy (non-hydrogen) atoms. The van der Waals surface area contributed by atoms with Gasteiger partial charge in [-0.3, -0.25) is 14.9 Å². The second-order valence-corrected chi connectivity index (χ2v) is 6.68. The number of amides is 3.